The fraction of sp³-hybridized carbons (Fsp3) is 0.316. The standard InChI is InChI=1S/C16H14F2N2O2S.C2H6.CH3.Y/c1-8-5-3-4-6-10(8)12-13(21)14-15(19-9(2)23-14)20(16(12)22)7-11(17)18;1-2;;/h3-6,11,21H,7H2,1-2H3;1-2H3;1H3;/q;;-1;. The second-order valence-electron chi connectivity index (χ2n) is 5.23. The number of aromatic nitrogens is 2. The first kappa shape index (κ1) is 25.8. The summed E-state index contributed by atoms with van der Waals surface area (Å²) in [4.78, 5) is 16.9. The maximum atomic E-state index is 12.9. The predicted molar refractivity (Wildman–Crippen MR) is 104 cm³/mol. The Labute approximate surface area is 187 Å². The smallest absolute Gasteiger partial charge is 0.264 e. The first-order chi connectivity index (χ1) is 11.9. The van der Waals surface area contributed by atoms with E-state index in [2.05, 4.69) is 4.98 Å². The van der Waals surface area contributed by atoms with Crippen LogP contribution in [0.25, 0.3) is 21.5 Å². The minimum absolute atomic E-state index is 0. The van der Waals surface area contributed by atoms with Gasteiger partial charge in [-0.05, 0) is 25.0 Å². The number of pyridine rings is 1. The monoisotopic (exact) mass is 470 g/mol. The summed E-state index contributed by atoms with van der Waals surface area (Å²) >= 11 is 1.18. The van der Waals surface area contributed by atoms with Gasteiger partial charge in [0.25, 0.3) is 12.0 Å². The third-order valence-electron chi connectivity index (χ3n) is 3.62. The summed E-state index contributed by atoms with van der Waals surface area (Å²) in [7, 11) is 0. The average molecular weight is 470 g/mol. The van der Waals surface area contributed by atoms with E-state index in [9.17, 15) is 18.7 Å². The van der Waals surface area contributed by atoms with E-state index in [4.69, 9.17) is 0 Å². The summed E-state index contributed by atoms with van der Waals surface area (Å²) in [6, 6.07) is 7.04. The molecule has 1 radical (unpaired) electrons. The van der Waals surface area contributed by atoms with Gasteiger partial charge in [-0.15, -0.1) is 11.3 Å². The van der Waals surface area contributed by atoms with Gasteiger partial charge in [0.2, 0.25) is 0 Å². The van der Waals surface area contributed by atoms with Gasteiger partial charge in [0.1, 0.15) is 10.4 Å². The van der Waals surface area contributed by atoms with Gasteiger partial charge in [0.15, 0.2) is 5.65 Å². The second kappa shape index (κ2) is 11.0. The van der Waals surface area contributed by atoms with E-state index >= 15 is 0 Å². The van der Waals surface area contributed by atoms with Crippen molar-refractivity contribution in [2.75, 3.05) is 0 Å². The van der Waals surface area contributed by atoms with E-state index in [0.29, 0.717) is 15.3 Å². The Kier molecular flexibility index (Phi) is 10.5. The van der Waals surface area contributed by atoms with Gasteiger partial charge in [0.05, 0.1) is 17.1 Å². The molecule has 2 aromatic heterocycles. The molecule has 0 bridgehead atoms. The van der Waals surface area contributed by atoms with Gasteiger partial charge in [-0.25, -0.2) is 13.8 Å². The molecule has 145 valence electrons. The largest absolute Gasteiger partial charge is 0.505 e. The molecule has 0 saturated heterocycles. The Bertz CT molecular complexity index is 955. The zero-order valence-corrected chi connectivity index (χ0v) is 19.7. The van der Waals surface area contributed by atoms with Crippen molar-refractivity contribution >= 4 is 21.7 Å². The number of alkyl halides is 2. The summed E-state index contributed by atoms with van der Waals surface area (Å²) in [5.74, 6) is -0.199. The van der Waals surface area contributed by atoms with E-state index in [1.807, 2.05) is 19.9 Å². The number of hydrogen-bond donors (Lipinski definition) is 1. The van der Waals surface area contributed by atoms with Crippen molar-refractivity contribution in [3.8, 4) is 16.9 Å². The molecule has 1 aromatic carbocycles. The summed E-state index contributed by atoms with van der Waals surface area (Å²) in [6.45, 7) is 6.75. The molecule has 4 nitrogen and oxygen atoms in total. The van der Waals surface area contributed by atoms with Gasteiger partial charge in [-0.2, -0.15) is 0 Å². The number of aryl methyl sites for hydroxylation is 2. The molecule has 0 spiro atoms. The van der Waals surface area contributed by atoms with E-state index in [-0.39, 0.29) is 57.1 Å². The van der Waals surface area contributed by atoms with Crippen LogP contribution in [0.3, 0.4) is 0 Å². The third-order valence-corrected chi connectivity index (χ3v) is 4.58. The van der Waals surface area contributed by atoms with Crippen molar-refractivity contribution in [2.24, 2.45) is 0 Å². The Morgan fingerprint density at radius 1 is 1.22 bits per heavy atom. The topological polar surface area (TPSA) is 55.1 Å². The van der Waals surface area contributed by atoms with E-state index in [1.165, 1.54) is 11.3 Å². The molecule has 0 atom stereocenters. The molecular formula is C19H23F2N2O2SY-. The molecule has 0 saturated carbocycles. The zero-order valence-electron chi connectivity index (χ0n) is 16.1. The Hall–Kier alpha value is -1.18. The maximum Gasteiger partial charge on any atom is 0.264 e. The van der Waals surface area contributed by atoms with Crippen LogP contribution in [-0.2, 0) is 39.3 Å². The average Bonchev–Trinajstić information content (AvgIpc) is 2.97. The summed E-state index contributed by atoms with van der Waals surface area (Å²) in [5, 5.41) is 11.1. The van der Waals surface area contributed by atoms with Crippen LogP contribution < -0.4 is 5.56 Å². The van der Waals surface area contributed by atoms with Crippen molar-refractivity contribution in [1.29, 1.82) is 0 Å². The minimum Gasteiger partial charge on any atom is -0.505 e. The molecule has 0 unspecified atom stereocenters. The number of aromatic hydroxyl groups is 1. The summed E-state index contributed by atoms with van der Waals surface area (Å²) in [5.41, 5.74) is 0.803. The van der Waals surface area contributed by atoms with Gasteiger partial charge in [-0.3, -0.25) is 9.36 Å². The summed E-state index contributed by atoms with van der Waals surface area (Å²) in [6.07, 6.45) is -2.69. The van der Waals surface area contributed by atoms with Gasteiger partial charge in [-0.1, -0.05) is 38.1 Å². The van der Waals surface area contributed by atoms with Crippen molar-refractivity contribution in [2.45, 2.75) is 40.7 Å². The van der Waals surface area contributed by atoms with Crippen molar-refractivity contribution < 1.29 is 46.6 Å². The number of hydrogen-bond acceptors (Lipinski definition) is 4. The molecule has 2 heterocycles. The molecular weight excluding hydrogens is 447 g/mol. The molecule has 3 aromatic rings. The molecule has 1 N–H and O–H groups in total. The van der Waals surface area contributed by atoms with Crippen molar-refractivity contribution in [3.05, 3.63) is 52.6 Å². The van der Waals surface area contributed by atoms with Gasteiger partial charge < -0.3 is 12.5 Å². The van der Waals surface area contributed by atoms with Crippen LogP contribution in [0, 0.1) is 21.3 Å². The molecule has 0 aliphatic heterocycles. The van der Waals surface area contributed by atoms with Gasteiger partial charge in [0, 0.05) is 32.7 Å². The van der Waals surface area contributed by atoms with Crippen LogP contribution in [0.4, 0.5) is 8.78 Å². The first-order valence-corrected chi connectivity index (χ1v) is 8.79. The predicted octanol–water partition coefficient (Wildman–Crippen LogP) is 5.19. The SMILES string of the molecule is CC.Cc1nc2c(s1)c(O)c(-c1ccccc1C)c(=O)n2CC(F)F.[CH3-].[Y]. The van der Waals surface area contributed by atoms with Crippen LogP contribution >= 0.6 is 11.3 Å². The van der Waals surface area contributed by atoms with Crippen LogP contribution in [0.2, 0.25) is 0 Å². The molecule has 27 heavy (non-hydrogen) atoms. The number of fused-ring (bicyclic) bond motifs is 1. The number of benzene rings is 1. The van der Waals surface area contributed by atoms with Crippen molar-refractivity contribution in [1.82, 2.24) is 9.55 Å². The fourth-order valence-electron chi connectivity index (χ4n) is 2.60. The first-order valence-electron chi connectivity index (χ1n) is 7.97. The van der Waals surface area contributed by atoms with Crippen LogP contribution in [0.1, 0.15) is 24.4 Å². The number of rotatable bonds is 3. The number of thiazole rings is 1. The van der Waals surface area contributed by atoms with Crippen LogP contribution in [0.15, 0.2) is 29.1 Å². The molecule has 0 fully saturated rings. The second-order valence-corrected chi connectivity index (χ2v) is 6.43. The molecule has 8 heteroatoms. The van der Waals surface area contributed by atoms with E-state index in [0.717, 1.165) is 10.1 Å². The fourth-order valence-corrected chi connectivity index (χ4v) is 3.48. The maximum absolute atomic E-state index is 12.9. The Morgan fingerprint density at radius 3 is 2.37 bits per heavy atom. The van der Waals surface area contributed by atoms with Crippen molar-refractivity contribution in [3.63, 3.8) is 0 Å². The molecule has 0 aliphatic rings. The molecule has 0 aliphatic carbocycles. The normalized spacial score (nSPS) is 10.0. The number of nitrogens with zero attached hydrogens (tertiary/aromatic N) is 2. The minimum atomic E-state index is -2.69. The van der Waals surface area contributed by atoms with Crippen LogP contribution in [0.5, 0.6) is 5.75 Å². The van der Waals surface area contributed by atoms with Crippen LogP contribution in [-0.4, -0.2) is 21.1 Å². The van der Waals surface area contributed by atoms with E-state index in [1.54, 1.807) is 32.0 Å². The zero-order chi connectivity index (χ0) is 18.7. The quantitative estimate of drug-likeness (QED) is 0.537. The Balaban J connectivity index is 0.00000164. The van der Waals surface area contributed by atoms with E-state index < -0.39 is 18.5 Å². The summed E-state index contributed by atoms with van der Waals surface area (Å²) < 4.78 is 27.1. The van der Waals surface area contributed by atoms with Gasteiger partial charge >= 0.3 is 0 Å². The molecule has 0 amide bonds. The molecule has 3 rings (SSSR count). The Morgan fingerprint density at radius 2 is 1.81 bits per heavy atom. The number of halogens is 2. The third kappa shape index (κ3) is 5.21.